The molecule has 0 atom stereocenters. The Kier molecular flexibility index (Phi) is 8.28. The van der Waals surface area contributed by atoms with Gasteiger partial charge in [0.2, 0.25) is 10.0 Å². The topological polar surface area (TPSA) is 84.9 Å². The van der Waals surface area contributed by atoms with Crippen LogP contribution in [-0.2, 0) is 14.8 Å². The number of methoxy groups -OCH3 is 1. The van der Waals surface area contributed by atoms with Crippen LogP contribution in [0.5, 0.6) is 11.5 Å². The molecule has 0 unspecified atom stereocenters. The van der Waals surface area contributed by atoms with E-state index in [-0.39, 0.29) is 17.2 Å². The average molecular weight is 499 g/mol. The van der Waals surface area contributed by atoms with Crippen LogP contribution in [0.2, 0.25) is 0 Å². The zero-order chi connectivity index (χ0) is 22.5. The van der Waals surface area contributed by atoms with Crippen LogP contribution in [0.3, 0.4) is 0 Å². The van der Waals surface area contributed by atoms with Crippen LogP contribution in [0, 0.1) is 13.8 Å². The summed E-state index contributed by atoms with van der Waals surface area (Å²) in [6.07, 6.45) is 0. The molecule has 0 spiro atoms. The lowest BCUT2D eigenvalue weighted by molar-refractivity contribution is -0.118. The summed E-state index contributed by atoms with van der Waals surface area (Å²) in [6, 6.07) is 8.21. The van der Waals surface area contributed by atoms with Gasteiger partial charge in [-0.05, 0) is 55.3 Å². The number of nitrogens with one attached hydrogen (secondary N) is 1. The van der Waals surface area contributed by atoms with Crippen molar-refractivity contribution in [2.24, 2.45) is 0 Å². The number of aryl methyl sites for hydroxylation is 2. The van der Waals surface area contributed by atoms with E-state index >= 15 is 0 Å². The van der Waals surface area contributed by atoms with Gasteiger partial charge in [-0.1, -0.05) is 29.8 Å². The normalized spacial score (nSPS) is 11.4. The molecule has 0 aliphatic heterocycles. The molecule has 0 saturated carbocycles. The molecule has 2 aromatic rings. The number of hydrogen-bond donors (Lipinski definition) is 1. The SMILES string of the molecule is CCN(CC)S(=O)(=O)c1ccc(OC)c(NC(=O)COc2c(C)cc(Br)cc2C)c1. The van der Waals surface area contributed by atoms with Gasteiger partial charge in [-0.25, -0.2) is 8.42 Å². The van der Waals surface area contributed by atoms with Crippen molar-refractivity contribution in [3.63, 3.8) is 0 Å². The van der Waals surface area contributed by atoms with Crippen LogP contribution in [0.1, 0.15) is 25.0 Å². The predicted molar refractivity (Wildman–Crippen MR) is 121 cm³/mol. The van der Waals surface area contributed by atoms with Crippen LogP contribution in [0.15, 0.2) is 39.7 Å². The average Bonchev–Trinajstić information content (AvgIpc) is 2.67. The van der Waals surface area contributed by atoms with E-state index in [4.69, 9.17) is 9.47 Å². The largest absolute Gasteiger partial charge is 0.495 e. The minimum Gasteiger partial charge on any atom is -0.495 e. The van der Waals surface area contributed by atoms with E-state index < -0.39 is 15.9 Å². The highest BCUT2D eigenvalue weighted by molar-refractivity contribution is 9.10. The third kappa shape index (κ3) is 5.53. The maximum absolute atomic E-state index is 12.8. The number of halogens is 1. The second-order valence-corrected chi connectivity index (χ2v) is 9.51. The molecule has 1 N–H and O–H groups in total. The summed E-state index contributed by atoms with van der Waals surface area (Å²) in [4.78, 5) is 12.6. The fourth-order valence-electron chi connectivity index (χ4n) is 3.11. The summed E-state index contributed by atoms with van der Waals surface area (Å²) in [5.41, 5.74) is 2.07. The van der Waals surface area contributed by atoms with Crippen molar-refractivity contribution in [2.75, 3.05) is 32.1 Å². The second-order valence-electron chi connectivity index (χ2n) is 6.66. The number of ether oxygens (including phenoxy) is 2. The van der Waals surface area contributed by atoms with Crippen molar-refractivity contribution >= 4 is 37.5 Å². The first kappa shape index (κ1) is 24.2. The van der Waals surface area contributed by atoms with Gasteiger partial charge in [0.15, 0.2) is 6.61 Å². The Morgan fingerprint density at radius 3 is 2.23 bits per heavy atom. The first-order valence-electron chi connectivity index (χ1n) is 9.51. The molecular formula is C21H27BrN2O5S. The molecule has 0 aliphatic carbocycles. The van der Waals surface area contributed by atoms with Crippen LogP contribution in [-0.4, -0.2) is 45.4 Å². The Labute approximate surface area is 186 Å². The standard InChI is InChI=1S/C21H27BrN2O5S/c1-6-24(7-2)30(26,27)17-8-9-19(28-5)18(12-17)23-20(25)13-29-21-14(3)10-16(22)11-15(21)4/h8-12H,6-7,13H2,1-5H3,(H,23,25). The molecule has 7 nitrogen and oxygen atoms in total. The molecule has 0 saturated heterocycles. The zero-order valence-corrected chi connectivity index (χ0v) is 20.2. The van der Waals surface area contributed by atoms with E-state index in [1.54, 1.807) is 13.8 Å². The molecule has 164 valence electrons. The van der Waals surface area contributed by atoms with E-state index in [0.717, 1.165) is 15.6 Å². The summed E-state index contributed by atoms with van der Waals surface area (Å²) in [5, 5.41) is 2.69. The van der Waals surface area contributed by atoms with Crippen molar-refractivity contribution in [1.29, 1.82) is 0 Å². The number of rotatable bonds is 9. The summed E-state index contributed by atoms with van der Waals surface area (Å²) in [7, 11) is -2.21. The molecule has 2 rings (SSSR count). The smallest absolute Gasteiger partial charge is 0.262 e. The molecule has 1 amide bonds. The van der Waals surface area contributed by atoms with Crippen molar-refractivity contribution in [2.45, 2.75) is 32.6 Å². The highest BCUT2D eigenvalue weighted by Gasteiger charge is 2.23. The number of hydrogen-bond acceptors (Lipinski definition) is 5. The second kappa shape index (κ2) is 10.3. The molecule has 9 heteroatoms. The molecule has 0 aromatic heterocycles. The number of benzene rings is 2. The summed E-state index contributed by atoms with van der Waals surface area (Å²) >= 11 is 3.43. The minimum absolute atomic E-state index is 0.0859. The van der Waals surface area contributed by atoms with Gasteiger partial charge in [-0.3, -0.25) is 4.79 Å². The minimum atomic E-state index is -3.66. The van der Waals surface area contributed by atoms with Gasteiger partial charge in [-0.15, -0.1) is 0 Å². The van der Waals surface area contributed by atoms with E-state index in [1.165, 1.54) is 29.6 Å². The number of amides is 1. The Bertz CT molecular complexity index is 997. The van der Waals surface area contributed by atoms with E-state index in [1.807, 2.05) is 26.0 Å². The van der Waals surface area contributed by atoms with Crippen molar-refractivity contribution in [3.05, 3.63) is 45.9 Å². The summed E-state index contributed by atoms with van der Waals surface area (Å²) < 4.78 is 38.8. The summed E-state index contributed by atoms with van der Waals surface area (Å²) in [6.45, 7) is 7.83. The van der Waals surface area contributed by atoms with Gasteiger partial charge >= 0.3 is 0 Å². The Hall–Kier alpha value is -2.10. The molecule has 2 aromatic carbocycles. The van der Waals surface area contributed by atoms with E-state index in [9.17, 15) is 13.2 Å². The number of sulfonamides is 1. The van der Waals surface area contributed by atoms with Gasteiger partial charge in [0, 0.05) is 17.6 Å². The van der Waals surface area contributed by atoms with Gasteiger partial charge in [0.1, 0.15) is 11.5 Å². The number of carbonyl (C=O) groups is 1. The Morgan fingerprint density at radius 1 is 1.10 bits per heavy atom. The quantitative estimate of drug-likeness (QED) is 0.561. The first-order valence-corrected chi connectivity index (χ1v) is 11.7. The van der Waals surface area contributed by atoms with E-state index in [0.29, 0.717) is 24.6 Å². The lowest BCUT2D eigenvalue weighted by Crippen LogP contribution is -2.30. The predicted octanol–water partition coefficient (Wildman–Crippen LogP) is 4.12. The van der Waals surface area contributed by atoms with Gasteiger partial charge in [-0.2, -0.15) is 4.31 Å². The lowest BCUT2D eigenvalue weighted by atomic mass is 10.1. The maximum atomic E-state index is 12.8. The highest BCUT2D eigenvalue weighted by Crippen LogP contribution is 2.30. The molecule has 0 radical (unpaired) electrons. The van der Waals surface area contributed by atoms with Crippen LogP contribution in [0.4, 0.5) is 5.69 Å². The monoisotopic (exact) mass is 498 g/mol. The van der Waals surface area contributed by atoms with Gasteiger partial charge in [0.25, 0.3) is 5.91 Å². The summed E-state index contributed by atoms with van der Waals surface area (Å²) in [5.74, 6) is 0.573. The molecule has 0 aliphatic rings. The van der Waals surface area contributed by atoms with Crippen molar-refractivity contribution < 1.29 is 22.7 Å². The first-order chi connectivity index (χ1) is 14.1. The number of anilines is 1. The van der Waals surface area contributed by atoms with Crippen molar-refractivity contribution in [1.82, 2.24) is 4.31 Å². The fourth-order valence-corrected chi connectivity index (χ4v) is 5.28. The molecule has 0 bridgehead atoms. The number of nitrogens with zero attached hydrogens (tertiary/aromatic N) is 1. The zero-order valence-electron chi connectivity index (χ0n) is 17.8. The third-order valence-corrected chi connectivity index (χ3v) is 7.06. The van der Waals surface area contributed by atoms with Crippen molar-refractivity contribution in [3.8, 4) is 11.5 Å². The van der Waals surface area contributed by atoms with Gasteiger partial charge < -0.3 is 14.8 Å². The lowest BCUT2D eigenvalue weighted by Gasteiger charge is -2.20. The van der Waals surface area contributed by atoms with Crippen LogP contribution >= 0.6 is 15.9 Å². The highest BCUT2D eigenvalue weighted by atomic mass is 79.9. The molecule has 0 fully saturated rings. The molecular weight excluding hydrogens is 472 g/mol. The number of carbonyl (C=O) groups excluding carboxylic acids is 1. The van der Waals surface area contributed by atoms with Crippen LogP contribution < -0.4 is 14.8 Å². The fraction of sp³-hybridized carbons (Fsp3) is 0.381. The molecule has 30 heavy (non-hydrogen) atoms. The van der Waals surface area contributed by atoms with Gasteiger partial charge in [0.05, 0.1) is 17.7 Å². The van der Waals surface area contributed by atoms with E-state index in [2.05, 4.69) is 21.2 Å². The Morgan fingerprint density at radius 2 is 1.70 bits per heavy atom. The third-order valence-electron chi connectivity index (χ3n) is 4.56. The Balaban J connectivity index is 2.22. The molecule has 0 heterocycles. The van der Waals surface area contributed by atoms with Crippen LogP contribution in [0.25, 0.3) is 0 Å². The maximum Gasteiger partial charge on any atom is 0.262 e.